The van der Waals surface area contributed by atoms with Gasteiger partial charge in [0, 0.05) is 0 Å². The molecule has 0 aliphatic carbocycles. The number of likely N-dealkylation sites (tertiary alicyclic amines) is 1. The molecular weight excluding hydrogens is 702 g/mol. The Morgan fingerprint density at radius 2 is 1.15 bits per heavy atom. The Morgan fingerprint density at radius 3 is 1.54 bits per heavy atom. The van der Waals surface area contributed by atoms with Crippen molar-refractivity contribution in [3.05, 3.63) is 107 Å². The summed E-state index contributed by atoms with van der Waals surface area (Å²) < 4.78 is 0. The number of carbonyl (C=O) groups is 3. The summed E-state index contributed by atoms with van der Waals surface area (Å²) in [5, 5.41) is 86.9. The Kier molecular flexibility index (Phi) is 17.8. The van der Waals surface area contributed by atoms with Gasteiger partial charge in [0.05, 0.1) is 23.5 Å². The number of piperidine rings is 1. The molecule has 1 unspecified atom stereocenters. The number of aliphatic hydroxyl groups is 6. The molecule has 3 aromatic rings. The van der Waals surface area contributed by atoms with E-state index in [4.69, 9.17) is 20.4 Å². The van der Waals surface area contributed by atoms with E-state index in [1.807, 2.05) is 72.8 Å². The van der Waals surface area contributed by atoms with Crippen LogP contribution in [-0.4, -0.2) is 140 Å². The molecule has 4 rings (SSSR count). The van der Waals surface area contributed by atoms with Crippen LogP contribution >= 0.6 is 0 Å². The van der Waals surface area contributed by atoms with Gasteiger partial charge in [-0.2, -0.15) is 0 Å². The molecule has 1 aliphatic heterocycles. The van der Waals surface area contributed by atoms with Crippen LogP contribution in [0.3, 0.4) is 0 Å². The summed E-state index contributed by atoms with van der Waals surface area (Å²) in [6.07, 6.45) is -7.00. The van der Waals surface area contributed by atoms with Gasteiger partial charge in [0.2, 0.25) is 0 Å². The third-order valence-electron chi connectivity index (χ3n) is 9.59. The maximum atomic E-state index is 12.1. The quantitative estimate of drug-likeness (QED) is 0.0930. The second kappa shape index (κ2) is 20.5. The molecule has 52 heavy (non-hydrogen) atoms. The summed E-state index contributed by atoms with van der Waals surface area (Å²) in [6, 6.07) is 27.3. The fourth-order valence-corrected chi connectivity index (χ4v) is 6.17. The van der Waals surface area contributed by atoms with Crippen molar-refractivity contribution in [2.75, 3.05) is 19.6 Å². The molecule has 0 aromatic heterocycles. The van der Waals surface area contributed by atoms with Crippen LogP contribution in [0.2, 0.25) is 0 Å². The van der Waals surface area contributed by atoms with Crippen LogP contribution < -0.4 is 10.2 Å². The van der Waals surface area contributed by atoms with Crippen molar-refractivity contribution >= 4 is 55.6 Å². The number of aliphatic hydroxyl groups excluding tert-OH is 5. The maximum absolute atomic E-state index is 12.1. The number of carboxylic acid groups (broad SMARTS) is 3. The normalized spacial score (nSPS) is 16.9. The van der Waals surface area contributed by atoms with Crippen molar-refractivity contribution in [3.63, 3.8) is 0 Å². The molecule has 1 saturated heterocycles. The number of aliphatic carboxylic acids is 3. The zero-order valence-corrected chi connectivity index (χ0v) is 31.5. The molecule has 5 atom stereocenters. The second-order valence-electron chi connectivity index (χ2n) is 13.3. The Labute approximate surface area is 332 Å². The predicted octanol–water partition coefficient (Wildman–Crippen LogP) is -0.940. The number of benzene rings is 3. The minimum Gasteiger partial charge on any atom is -0.547 e. The van der Waals surface area contributed by atoms with E-state index >= 15 is 0 Å². The first kappa shape index (κ1) is 45.2. The Balaban J connectivity index is 0.000000532. The van der Waals surface area contributed by atoms with Crippen LogP contribution in [-0.2, 0) is 25.4 Å². The molecule has 0 saturated carbocycles. The molecule has 0 spiro atoms. The van der Waals surface area contributed by atoms with Gasteiger partial charge >= 0.3 is 43.7 Å². The molecule has 14 heteroatoms. The number of nitrogens with zero attached hydrogens (tertiary/aromatic N) is 1. The fourth-order valence-electron chi connectivity index (χ4n) is 6.17. The van der Waals surface area contributed by atoms with Crippen molar-refractivity contribution in [2.45, 2.75) is 81.1 Å². The predicted molar refractivity (Wildman–Crippen MR) is 186 cm³/mol. The summed E-state index contributed by atoms with van der Waals surface area (Å²) in [6.45, 7) is 6.11. The van der Waals surface area contributed by atoms with Crippen LogP contribution in [0.5, 0.6) is 0 Å². The van der Waals surface area contributed by atoms with E-state index in [-0.39, 0.29) is 43.7 Å². The minimum absolute atomic E-state index is 0. The maximum Gasteiger partial charge on any atom is 2.00 e. The SMILES string of the molecule is CC(C)(C(=O)O)c1ccc(C(O)CCCN2CCC(C(O)(c3ccccc3)c3ccccc3)CC2)cc1.O=C([O-])[C@@H](O)[C@@H](O)[C@H](O)[C@@H](O)C(=O)[O-].[Ca+2]. The molecule has 278 valence electrons. The topological polar surface area (TPSA) is 242 Å². The number of carboxylic acids is 3. The third kappa shape index (κ3) is 11.5. The molecule has 13 nitrogen and oxygen atoms in total. The van der Waals surface area contributed by atoms with Gasteiger partial charge in [-0.15, -0.1) is 0 Å². The molecule has 1 aliphatic rings. The van der Waals surface area contributed by atoms with Gasteiger partial charge in [0.15, 0.2) is 0 Å². The van der Waals surface area contributed by atoms with Crippen LogP contribution in [0.4, 0.5) is 0 Å². The van der Waals surface area contributed by atoms with Crippen LogP contribution in [0, 0.1) is 5.92 Å². The van der Waals surface area contributed by atoms with Gasteiger partial charge in [-0.05, 0) is 87.3 Å². The van der Waals surface area contributed by atoms with E-state index in [1.54, 1.807) is 26.0 Å². The van der Waals surface area contributed by atoms with E-state index in [0.717, 1.165) is 61.2 Å². The van der Waals surface area contributed by atoms with Crippen LogP contribution in [0.1, 0.15) is 67.9 Å². The number of hydrogen-bond acceptors (Lipinski definition) is 12. The van der Waals surface area contributed by atoms with E-state index in [2.05, 4.69) is 4.90 Å². The van der Waals surface area contributed by atoms with E-state index < -0.39 is 59.4 Å². The van der Waals surface area contributed by atoms with Crippen molar-refractivity contribution < 1.29 is 60.3 Å². The molecule has 1 heterocycles. The number of rotatable bonds is 15. The summed E-state index contributed by atoms with van der Waals surface area (Å²) in [5.74, 6) is -4.95. The minimum atomic E-state index is -2.50. The third-order valence-corrected chi connectivity index (χ3v) is 9.59. The van der Waals surface area contributed by atoms with Crippen LogP contribution in [0.25, 0.3) is 0 Å². The summed E-state index contributed by atoms with van der Waals surface area (Å²) in [5.41, 5.74) is 1.47. The van der Waals surface area contributed by atoms with Crippen molar-refractivity contribution in [2.24, 2.45) is 5.92 Å². The first-order chi connectivity index (χ1) is 24.0. The van der Waals surface area contributed by atoms with E-state index in [9.17, 15) is 39.9 Å². The Morgan fingerprint density at radius 1 is 0.731 bits per heavy atom. The van der Waals surface area contributed by atoms with Crippen molar-refractivity contribution in [1.29, 1.82) is 0 Å². The Hall–Kier alpha value is -2.95. The van der Waals surface area contributed by atoms with Gasteiger partial charge in [0.25, 0.3) is 0 Å². The molecule has 7 N–H and O–H groups in total. The van der Waals surface area contributed by atoms with E-state index in [1.165, 1.54) is 0 Å². The van der Waals surface area contributed by atoms with E-state index in [0.29, 0.717) is 6.42 Å². The van der Waals surface area contributed by atoms with Gasteiger partial charge < -0.3 is 60.4 Å². The Bertz CT molecular complexity index is 1490. The second-order valence-corrected chi connectivity index (χ2v) is 13.3. The van der Waals surface area contributed by atoms with Gasteiger partial charge in [-0.25, -0.2) is 0 Å². The first-order valence-electron chi connectivity index (χ1n) is 16.7. The zero-order chi connectivity index (χ0) is 37.9. The average Bonchev–Trinajstić information content (AvgIpc) is 3.14. The summed E-state index contributed by atoms with van der Waals surface area (Å²) in [7, 11) is 0. The molecular formula is C38H47CaNO12. The fraction of sp³-hybridized carbons (Fsp3) is 0.447. The number of carbonyl (C=O) groups excluding carboxylic acids is 2. The van der Waals surface area contributed by atoms with Gasteiger partial charge in [-0.1, -0.05) is 84.9 Å². The van der Waals surface area contributed by atoms with Gasteiger partial charge in [-0.3, -0.25) is 4.79 Å². The molecule has 0 bridgehead atoms. The van der Waals surface area contributed by atoms with Crippen molar-refractivity contribution in [1.82, 2.24) is 4.90 Å². The summed E-state index contributed by atoms with van der Waals surface area (Å²) in [4.78, 5) is 33.8. The van der Waals surface area contributed by atoms with Crippen molar-refractivity contribution in [3.8, 4) is 0 Å². The van der Waals surface area contributed by atoms with Crippen LogP contribution in [0.15, 0.2) is 84.9 Å². The molecule has 0 radical (unpaired) electrons. The molecule has 3 aromatic carbocycles. The standard InChI is InChI=1S/C32H39NO4.C6H10O8.Ca/c1-31(2,30(35)36)25-17-15-24(16-18-25)29(34)14-9-21-33-22-19-28(20-23-33)32(37,26-10-5-3-6-11-26)27-12-7-4-8-13-27;7-1(3(9)5(11)12)2(8)4(10)6(13)14;/h3-8,10-13,15-18,28-29,34,37H,9,14,19-23H2,1-2H3,(H,35,36);1-4,7-10H,(H,11,12)(H,13,14);/q;;+2/p-2/t;1-,2-,3-,4+;/m.0./s1. The molecule has 1 fully saturated rings. The average molecular weight is 750 g/mol. The monoisotopic (exact) mass is 749 g/mol. The largest absolute Gasteiger partial charge is 2.00 e. The molecule has 0 amide bonds. The zero-order valence-electron chi connectivity index (χ0n) is 29.3. The smallest absolute Gasteiger partial charge is 0.547 e. The summed E-state index contributed by atoms with van der Waals surface area (Å²) >= 11 is 0. The first-order valence-corrected chi connectivity index (χ1v) is 16.7. The van der Waals surface area contributed by atoms with Gasteiger partial charge in [0.1, 0.15) is 30.0 Å². The number of hydrogen-bond donors (Lipinski definition) is 7.